The van der Waals surface area contributed by atoms with Crippen molar-refractivity contribution in [2.24, 2.45) is 5.92 Å². The molecule has 5 nitrogen and oxygen atoms in total. The van der Waals surface area contributed by atoms with Crippen LogP contribution in [0, 0.1) is 11.7 Å². The summed E-state index contributed by atoms with van der Waals surface area (Å²) < 4.78 is 12.8. The van der Waals surface area contributed by atoms with Crippen LogP contribution >= 0.6 is 0 Å². The summed E-state index contributed by atoms with van der Waals surface area (Å²) in [4.78, 5) is 26.0. The summed E-state index contributed by atoms with van der Waals surface area (Å²) in [5, 5.41) is 11.2. The molecule has 1 heterocycles. The molecule has 0 radical (unpaired) electrons. The van der Waals surface area contributed by atoms with Gasteiger partial charge in [-0.3, -0.25) is 9.78 Å². The Kier molecular flexibility index (Phi) is 4.14. The number of halogens is 1. The normalized spacial score (nSPS) is 12.2. The van der Waals surface area contributed by atoms with Crippen molar-refractivity contribution in [2.45, 2.75) is 19.9 Å². The number of carboxylic acid groups (broad SMARTS) is 1. The van der Waals surface area contributed by atoms with E-state index in [1.54, 1.807) is 13.8 Å². The first-order valence-electron chi connectivity index (χ1n) is 5.06. The van der Waals surface area contributed by atoms with Crippen molar-refractivity contribution in [3.8, 4) is 0 Å². The summed E-state index contributed by atoms with van der Waals surface area (Å²) in [6, 6.07) is -0.00699. The molecule has 6 heteroatoms. The number of nitrogens with zero attached hydrogens (tertiary/aromatic N) is 1. The van der Waals surface area contributed by atoms with Crippen LogP contribution in [0.25, 0.3) is 0 Å². The predicted molar refractivity (Wildman–Crippen MR) is 57.9 cm³/mol. The van der Waals surface area contributed by atoms with E-state index in [9.17, 15) is 14.0 Å². The first-order chi connectivity index (χ1) is 7.91. The number of nitrogens with one attached hydrogen (secondary N) is 1. The molecule has 0 bridgehead atoms. The van der Waals surface area contributed by atoms with Gasteiger partial charge in [0.1, 0.15) is 11.9 Å². The number of amides is 1. The van der Waals surface area contributed by atoms with Gasteiger partial charge in [0, 0.05) is 6.20 Å². The number of aromatic nitrogens is 1. The van der Waals surface area contributed by atoms with Gasteiger partial charge in [-0.15, -0.1) is 0 Å². The Balaban J connectivity index is 2.81. The minimum Gasteiger partial charge on any atom is -0.480 e. The molecule has 1 rings (SSSR count). The summed E-state index contributed by atoms with van der Waals surface area (Å²) >= 11 is 0. The second-order valence-corrected chi connectivity index (χ2v) is 3.93. The lowest BCUT2D eigenvalue weighted by molar-refractivity contribution is -0.140. The molecular weight excluding hydrogens is 227 g/mol. The van der Waals surface area contributed by atoms with Crippen LogP contribution in [0.1, 0.15) is 24.2 Å². The van der Waals surface area contributed by atoms with Crippen LogP contribution < -0.4 is 5.32 Å². The van der Waals surface area contributed by atoms with Gasteiger partial charge in [0.05, 0.1) is 11.8 Å². The lowest BCUT2D eigenvalue weighted by Crippen LogP contribution is -2.44. The number of carbonyl (C=O) groups is 2. The van der Waals surface area contributed by atoms with Gasteiger partial charge in [0.25, 0.3) is 5.91 Å². The van der Waals surface area contributed by atoms with Gasteiger partial charge in [-0.25, -0.2) is 9.18 Å². The SMILES string of the molecule is CC(C)[C@H](NC(=O)c1cncc(F)c1)C(=O)O. The molecule has 0 aliphatic heterocycles. The Morgan fingerprint density at radius 3 is 2.53 bits per heavy atom. The van der Waals surface area contributed by atoms with E-state index in [0.717, 1.165) is 12.3 Å². The molecule has 0 unspecified atom stereocenters. The van der Waals surface area contributed by atoms with Crippen molar-refractivity contribution in [2.75, 3.05) is 0 Å². The van der Waals surface area contributed by atoms with E-state index in [2.05, 4.69) is 10.3 Å². The molecular formula is C11H13FN2O3. The van der Waals surface area contributed by atoms with Crippen molar-refractivity contribution < 1.29 is 19.1 Å². The maximum Gasteiger partial charge on any atom is 0.326 e. The number of carbonyl (C=O) groups excluding carboxylic acids is 1. The zero-order chi connectivity index (χ0) is 13.0. The number of carboxylic acids is 1. The third kappa shape index (κ3) is 3.51. The van der Waals surface area contributed by atoms with Crippen molar-refractivity contribution in [3.63, 3.8) is 0 Å². The Labute approximate surface area is 97.7 Å². The molecule has 1 amide bonds. The van der Waals surface area contributed by atoms with E-state index >= 15 is 0 Å². The molecule has 0 aromatic carbocycles. The Hall–Kier alpha value is -1.98. The average molecular weight is 240 g/mol. The highest BCUT2D eigenvalue weighted by Gasteiger charge is 2.24. The second kappa shape index (κ2) is 5.38. The van der Waals surface area contributed by atoms with Gasteiger partial charge in [0.2, 0.25) is 0 Å². The van der Waals surface area contributed by atoms with Gasteiger partial charge < -0.3 is 10.4 Å². The fraction of sp³-hybridized carbons (Fsp3) is 0.364. The van der Waals surface area contributed by atoms with Gasteiger partial charge in [-0.1, -0.05) is 13.8 Å². The highest BCUT2D eigenvalue weighted by atomic mass is 19.1. The molecule has 17 heavy (non-hydrogen) atoms. The van der Waals surface area contributed by atoms with E-state index in [0.29, 0.717) is 0 Å². The summed E-state index contributed by atoms with van der Waals surface area (Å²) in [6.45, 7) is 3.34. The lowest BCUT2D eigenvalue weighted by Gasteiger charge is -2.17. The Morgan fingerprint density at radius 1 is 1.41 bits per heavy atom. The maximum absolute atomic E-state index is 12.8. The maximum atomic E-state index is 12.8. The number of rotatable bonds is 4. The minimum absolute atomic E-state index is 0.00287. The third-order valence-electron chi connectivity index (χ3n) is 2.19. The van der Waals surface area contributed by atoms with E-state index in [-0.39, 0.29) is 11.5 Å². The Morgan fingerprint density at radius 2 is 2.06 bits per heavy atom. The van der Waals surface area contributed by atoms with Gasteiger partial charge >= 0.3 is 5.97 Å². The quantitative estimate of drug-likeness (QED) is 0.824. The molecule has 1 aromatic heterocycles. The van der Waals surface area contributed by atoms with Crippen LogP contribution in [0.3, 0.4) is 0 Å². The van der Waals surface area contributed by atoms with Crippen LogP contribution in [0.15, 0.2) is 18.5 Å². The van der Waals surface area contributed by atoms with E-state index in [1.807, 2.05) is 0 Å². The fourth-order valence-corrected chi connectivity index (χ4v) is 1.27. The van der Waals surface area contributed by atoms with Crippen LogP contribution in [0.4, 0.5) is 4.39 Å². The highest BCUT2D eigenvalue weighted by molar-refractivity contribution is 5.96. The molecule has 0 aliphatic rings. The topological polar surface area (TPSA) is 79.3 Å². The van der Waals surface area contributed by atoms with Gasteiger partial charge in [-0.2, -0.15) is 0 Å². The molecule has 0 spiro atoms. The lowest BCUT2D eigenvalue weighted by atomic mass is 10.0. The van der Waals surface area contributed by atoms with Crippen LogP contribution in [0.2, 0.25) is 0 Å². The third-order valence-corrected chi connectivity index (χ3v) is 2.19. The second-order valence-electron chi connectivity index (χ2n) is 3.93. The summed E-state index contributed by atoms with van der Waals surface area (Å²) in [6.07, 6.45) is 2.14. The predicted octanol–water partition coefficient (Wildman–Crippen LogP) is 1.06. The summed E-state index contributed by atoms with van der Waals surface area (Å²) in [5.74, 6) is -2.69. The molecule has 0 aliphatic carbocycles. The van der Waals surface area contributed by atoms with Crippen molar-refractivity contribution in [1.29, 1.82) is 0 Å². The Bertz CT molecular complexity index is 434. The first kappa shape index (κ1) is 13.1. The van der Waals surface area contributed by atoms with E-state index in [4.69, 9.17) is 5.11 Å². The highest BCUT2D eigenvalue weighted by Crippen LogP contribution is 2.05. The molecule has 0 saturated heterocycles. The molecule has 1 atom stereocenters. The molecule has 0 fully saturated rings. The molecule has 92 valence electrons. The summed E-state index contributed by atoms with van der Waals surface area (Å²) in [7, 11) is 0. The monoisotopic (exact) mass is 240 g/mol. The number of aliphatic carboxylic acids is 1. The van der Waals surface area contributed by atoms with Gasteiger partial charge in [0.15, 0.2) is 0 Å². The molecule has 2 N–H and O–H groups in total. The van der Waals surface area contributed by atoms with Crippen LogP contribution in [-0.4, -0.2) is 28.0 Å². The fourth-order valence-electron chi connectivity index (χ4n) is 1.27. The molecule has 1 aromatic rings. The van der Waals surface area contributed by atoms with Crippen LogP contribution in [0.5, 0.6) is 0 Å². The van der Waals surface area contributed by atoms with Crippen molar-refractivity contribution in [1.82, 2.24) is 10.3 Å². The number of hydrogen-bond donors (Lipinski definition) is 2. The summed E-state index contributed by atoms with van der Waals surface area (Å²) in [5.41, 5.74) is -0.00287. The van der Waals surface area contributed by atoms with Gasteiger partial charge in [-0.05, 0) is 12.0 Å². The molecule has 0 saturated carbocycles. The number of pyridine rings is 1. The van der Waals surface area contributed by atoms with E-state index < -0.39 is 23.7 Å². The number of hydrogen-bond acceptors (Lipinski definition) is 3. The zero-order valence-corrected chi connectivity index (χ0v) is 9.48. The van der Waals surface area contributed by atoms with Crippen LogP contribution in [-0.2, 0) is 4.79 Å². The standard InChI is InChI=1S/C11H13FN2O3/c1-6(2)9(11(16)17)14-10(15)7-3-8(12)5-13-4-7/h3-6,9H,1-2H3,(H,14,15)(H,16,17)/t9-/m0/s1. The smallest absolute Gasteiger partial charge is 0.326 e. The first-order valence-corrected chi connectivity index (χ1v) is 5.06. The largest absolute Gasteiger partial charge is 0.480 e. The minimum atomic E-state index is -1.13. The zero-order valence-electron chi connectivity index (χ0n) is 9.48. The average Bonchev–Trinajstić information content (AvgIpc) is 2.24. The van der Waals surface area contributed by atoms with Crippen molar-refractivity contribution >= 4 is 11.9 Å². The van der Waals surface area contributed by atoms with Crippen molar-refractivity contribution in [3.05, 3.63) is 29.8 Å². The van der Waals surface area contributed by atoms with E-state index in [1.165, 1.54) is 6.20 Å².